The number of hydrogen-bond acceptors (Lipinski definition) is 3. The SMILES string of the molecule is CCc1cc2c(c(OC(C)C)c(C(=O)Nc3ccc(F)cc3)n2C)c(=O)n1-c1ccc(F)cc1. The lowest BCUT2D eigenvalue weighted by Crippen LogP contribution is -2.22. The number of aromatic nitrogens is 2. The van der Waals surface area contributed by atoms with E-state index in [4.69, 9.17) is 4.74 Å². The second kappa shape index (κ2) is 9.13. The molecule has 176 valence electrons. The number of fused-ring (bicyclic) bond motifs is 1. The van der Waals surface area contributed by atoms with Crippen molar-refractivity contribution in [1.82, 2.24) is 9.13 Å². The highest BCUT2D eigenvalue weighted by molar-refractivity contribution is 6.10. The van der Waals surface area contributed by atoms with Gasteiger partial charge in [-0.2, -0.15) is 0 Å². The summed E-state index contributed by atoms with van der Waals surface area (Å²) < 4.78 is 35.9. The minimum absolute atomic E-state index is 0.163. The first-order chi connectivity index (χ1) is 16.2. The number of pyridine rings is 1. The van der Waals surface area contributed by atoms with E-state index in [9.17, 15) is 18.4 Å². The van der Waals surface area contributed by atoms with Gasteiger partial charge in [0.1, 0.15) is 17.0 Å². The van der Waals surface area contributed by atoms with Crippen LogP contribution in [0.25, 0.3) is 16.6 Å². The molecule has 6 nitrogen and oxygen atoms in total. The Morgan fingerprint density at radius 2 is 1.62 bits per heavy atom. The molecule has 0 bridgehead atoms. The van der Waals surface area contributed by atoms with Crippen LogP contribution in [0.3, 0.4) is 0 Å². The molecule has 4 rings (SSSR count). The van der Waals surface area contributed by atoms with E-state index in [2.05, 4.69) is 5.32 Å². The standard InChI is InChI=1S/C26H25F2N3O3/c1-5-19-14-21-22(26(33)31(19)20-12-8-17(28)9-13-20)24(34-15(2)3)23(30(21)4)25(32)29-18-10-6-16(27)7-11-18/h6-15H,5H2,1-4H3,(H,29,32). The van der Waals surface area contributed by atoms with Crippen LogP contribution in [-0.4, -0.2) is 21.1 Å². The van der Waals surface area contributed by atoms with E-state index in [1.807, 2.05) is 13.0 Å². The average Bonchev–Trinajstić information content (AvgIpc) is 3.07. The third-order valence-electron chi connectivity index (χ3n) is 5.52. The van der Waals surface area contributed by atoms with Crippen LogP contribution >= 0.6 is 0 Å². The summed E-state index contributed by atoms with van der Waals surface area (Å²) in [4.78, 5) is 27.1. The Morgan fingerprint density at radius 3 is 2.18 bits per heavy atom. The van der Waals surface area contributed by atoms with Crippen LogP contribution in [0.1, 0.15) is 37.0 Å². The lowest BCUT2D eigenvalue weighted by Gasteiger charge is -2.14. The zero-order valence-corrected chi connectivity index (χ0v) is 19.4. The summed E-state index contributed by atoms with van der Waals surface area (Å²) >= 11 is 0. The van der Waals surface area contributed by atoms with Crippen LogP contribution in [-0.2, 0) is 13.5 Å². The Morgan fingerprint density at radius 1 is 1.03 bits per heavy atom. The van der Waals surface area contributed by atoms with E-state index in [1.165, 1.54) is 53.1 Å². The van der Waals surface area contributed by atoms with Crippen molar-refractivity contribution in [2.45, 2.75) is 33.3 Å². The molecule has 0 saturated carbocycles. The Balaban J connectivity index is 1.96. The highest BCUT2D eigenvalue weighted by Crippen LogP contribution is 2.33. The number of anilines is 1. The quantitative estimate of drug-likeness (QED) is 0.425. The summed E-state index contributed by atoms with van der Waals surface area (Å²) in [5.74, 6) is -1.15. The number of rotatable bonds is 6. The van der Waals surface area contributed by atoms with Crippen LogP contribution in [0, 0.1) is 11.6 Å². The monoisotopic (exact) mass is 465 g/mol. The van der Waals surface area contributed by atoms with Gasteiger partial charge in [-0.3, -0.25) is 14.2 Å². The van der Waals surface area contributed by atoms with Crippen molar-refractivity contribution in [1.29, 1.82) is 0 Å². The minimum atomic E-state index is -0.494. The van der Waals surface area contributed by atoms with Crippen LogP contribution in [0.5, 0.6) is 5.75 Å². The molecule has 0 aliphatic rings. The number of carbonyl (C=O) groups is 1. The molecule has 0 atom stereocenters. The van der Waals surface area contributed by atoms with Gasteiger partial charge in [-0.15, -0.1) is 0 Å². The van der Waals surface area contributed by atoms with E-state index in [0.717, 1.165) is 0 Å². The predicted octanol–water partition coefficient (Wildman–Crippen LogP) is 5.21. The lowest BCUT2D eigenvalue weighted by molar-refractivity contribution is 0.101. The number of benzene rings is 2. The van der Waals surface area contributed by atoms with Gasteiger partial charge in [-0.05, 0) is 74.9 Å². The zero-order valence-electron chi connectivity index (χ0n) is 19.4. The number of hydrogen-bond donors (Lipinski definition) is 1. The molecule has 0 aliphatic carbocycles. The van der Waals surface area contributed by atoms with Gasteiger partial charge in [-0.25, -0.2) is 8.78 Å². The molecule has 0 aliphatic heterocycles. The van der Waals surface area contributed by atoms with Crippen molar-refractivity contribution >= 4 is 22.5 Å². The van der Waals surface area contributed by atoms with Crippen LogP contribution in [0.15, 0.2) is 59.4 Å². The second-order valence-corrected chi connectivity index (χ2v) is 8.23. The maximum absolute atomic E-state index is 13.8. The molecule has 0 saturated heterocycles. The number of nitrogens with zero attached hydrogens (tertiary/aromatic N) is 2. The predicted molar refractivity (Wildman–Crippen MR) is 128 cm³/mol. The van der Waals surface area contributed by atoms with Crippen LogP contribution in [0.4, 0.5) is 14.5 Å². The van der Waals surface area contributed by atoms with Crippen molar-refractivity contribution in [3.8, 4) is 11.4 Å². The van der Waals surface area contributed by atoms with Gasteiger partial charge in [-0.1, -0.05) is 6.92 Å². The fourth-order valence-corrected chi connectivity index (χ4v) is 3.98. The average molecular weight is 466 g/mol. The summed E-state index contributed by atoms with van der Waals surface area (Å²) in [6.07, 6.45) is 0.220. The topological polar surface area (TPSA) is 65.3 Å². The molecule has 2 aromatic heterocycles. The highest BCUT2D eigenvalue weighted by atomic mass is 19.1. The molecule has 0 spiro atoms. The molecule has 0 radical (unpaired) electrons. The van der Waals surface area contributed by atoms with E-state index >= 15 is 0 Å². The minimum Gasteiger partial charge on any atom is -0.488 e. The first kappa shape index (κ1) is 23.2. The molecule has 8 heteroatoms. The molecule has 0 fully saturated rings. The van der Waals surface area contributed by atoms with E-state index in [-0.39, 0.29) is 28.5 Å². The maximum atomic E-state index is 13.8. The molecule has 1 N–H and O–H groups in total. The Kier molecular flexibility index (Phi) is 6.24. The molecular weight excluding hydrogens is 440 g/mol. The van der Waals surface area contributed by atoms with Gasteiger partial charge in [0.15, 0.2) is 11.4 Å². The van der Waals surface area contributed by atoms with Crippen LogP contribution < -0.4 is 15.6 Å². The summed E-state index contributed by atoms with van der Waals surface area (Å²) in [6.45, 7) is 5.52. The van der Waals surface area contributed by atoms with Gasteiger partial charge >= 0.3 is 0 Å². The van der Waals surface area contributed by atoms with Crippen molar-refractivity contribution < 1.29 is 18.3 Å². The third kappa shape index (κ3) is 4.19. The molecule has 2 heterocycles. The largest absolute Gasteiger partial charge is 0.488 e. The first-order valence-corrected chi connectivity index (χ1v) is 11.0. The summed E-state index contributed by atoms with van der Waals surface area (Å²) in [7, 11) is 1.69. The smallest absolute Gasteiger partial charge is 0.276 e. The van der Waals surface area contributed by atoms with Gasteiger partial charge in [0.05, 0.1) is 11.6 Å². The summed E-state index contributed by atoms with van der Waals surface area (Å²) in [5, 5.41) is 3.00. The van der Waals surface area contributed by atoms with E-state index < -0.39 is 17.5 Å². The maximum Gasteiger partial charge on any atom is 0.276 e. The number of halogens is 2. The van der Waals surface area contributed by atoms with Gasteiger partial charge in [0.2, 0.25) is 0 Å². The van der Waals surface area contributed by atoms with Gasteiger partial charge in [0.25, 0.3) is 11.5 Å². The number of carbonyl (C=O) groups excluding carboxylic acids is 1. The molecule has 1 amide bonds. The number of amides is 1. The number of ether oxygens (including phenoxy) is 1. The normalized spacial score (nSPS) is 11.3. The lowest BCUT2D eigenvalue weighted by atomic mass is 10.2. The van der Waals surface area contributed by atoms with Crippen molar-refractivity contribution in [3.63, 3.8) is 0 Å². The molecule has 4 aromatic rings. The van der Waals surface area contributed by atoms with Gasteiger partial charge in [0, 0.05) is 24.1 Å². The Bertz CT molecular complexity index is 1420. The molecule has 0 unspecified atom stereocenters. The van der Waals surface area contributed by atoms with Crippen molar-refractivity contribution in [2.75, 3.05) is 5.32 Å². The van der Waals surface area contributed by atoms with Gasteiger partial charge < -0.3 is 14.6 Å². The summed E-state index contributed by atoms with van der Waals surface area (Å²) in [6, 6.07) is 12.9. The Hall–Kier alpha value is -3.94. The zero-order chi connectivity index (χ0) is 24.6. The first-order valence-electron chi connectivity index (χ1n) is 11.0. The fourth-order valence-electron chi connectivity index (χ4n) is 3.98. The number of aryl methyl sites for hydroxylation is 2. The molecule has 2 aromatic carbocycles. The van der Waals surface area contributed by atoms with Crippen LogP contribution in [0.2, 0.25) is 0 Å². The summed E-state index contributed by atoms with van der Waals surface area (Å²) in [5.41, 5.74) is 1.97. The fraction of sp³-hybridized carbons (Fsp3) is 0.231. The van der Waals surface area contributed by atoms with E-state index in [1.54, 1.807) is 25.5 Å². The van der Waals surface area contributed by atoms with Crippen molar-refractivity contribution in [3.05, 3.63) is 88.0 Å². The van der Waals surface area contributed by atoms with Crippen molar-refractivity contribution in [2.24, 2.45) is 7.05 Å². The number of nitrogens with one attached hydrogen (secondary N) is 1. The molecular formula is C26H25F2N3O3. The van der Waals surface area contributed by atoms with E-state index in [0.29, 0.717) is 29.0 Å². The highest BCUT2D eigenvalue weighted by Gasteiger charge is 2.27. The Labute approximate surface area is 195 Å². The second-order valence-electron chi connectivity index (χ2n) is 8.23. The third-order valence-corrected chi connectivity index (χ3v) is 5.52. The molecule has 34 heavy (non-hydrogen) atoms.